The van der Waals surface area contributed by atoms with Gasteiger partial charge in [0.1, 0.15) is 0 Å². The van der Waals surface area contributed by atoms with Gasteiger partial charge in [-0.1, -0.05) is 13.8 Å². The number of rotatable bonds is 2. The smallest absolute Gasteiger partial charge is 0.222 e. The van der Waals surface area contributed by atoms with Crippen LogP contribution in [0.3, 0.4) is 0 Å². The Balaban J connectivity index is 2.39. The molecule has 0 unspecified atom stereocenters. The SMILES string of the molecule is CC(C)C[C@H]1C[C@H](O)CC(=O)N1. The van der Waals surface area contributed by atoms with Gasteiger partial charge >= 0.3 is 0 Å². The molecule has 0 aliphatic carbocycles. The minimum absolute atomic E-state index is 0.0144. The first-order chi connectivity index (χ1) is 5.58. The van der Waals surface area contributed by atoms with Gasteiger partial charge in [0.15, 0.2) is 0 Å². The van der Waals surface area contributed by atoms with Crippen LogP contribution in [0.5, 0.6) is 0 Å². The fraction of sp³-hybridized carbons (Fsp3) is 0.889. The van der Waals surface area contributed by atoms with E-state index in [1.807, 2.05) is 0 Å². The summed E-state index contributed by atoms with van der Waals surface area (Å²) in [7, 11) is 0. The van der Waals surface area contributed by atoms with Crippen LogP contribution in [-0.2, 0) is 4.79 Å². The minimum Gasteiger partial charge on any atom is -0.393 e. The summed E-state index contributed by atoms with van der Waals surface area (Å²) >= 11 is 0. The van der Waals surface area contributed by atoms with Gasteiger partial charge in [-0.2, -0.15) is 0 Å². The van der Waals surface area contributed by atoms with Crippen molar-refractivity contribution in [2.45, 2.75) is 45.3 Å². The van der Waals surface area contributed by atoms with Crippen molar-refractivity contribution in [2.75, 3.05) is 0 Å². The molecule has 0 radical (unpaired) electrons. The lowest BCUT2D eigenvalue weighted by Crippen LogP contribution is -2.44. The van der Waals surface area contributed by atoms with Gasteiger partial charge in [-0.25, -0.2) is 0 Å². The molecule has 1 aliphatic rings. The second kappa shape index (κ2) is 3.90. The zero-order valence-corrected chi connectivity index (χ0v) is 7.71. The maximum absolute atomic E-state index is 11.0. The molecule has 0 aromatic carbocycles. The largest absolute Gasteiger partial charge is 0.393 e. The molecule has 0 aromatic rings. The molecule has 12 heavy (non-hydrogen) atoms. The van der Waals surface area contributed by atoms with Crippen molar-refractivity contribution in [3.8, 4) is 0 Å². The van der Waals surface area contributed by atoms with E-state index in [1.54, 1.807) is 0 Å². The van der Waals surface area contributed by atoms with Crippen molar-refractivity contribution in [2.24, 2.45) is 5.92 Å². The third-order valence-electron chi connectivity index (χ3n) is 2.10. The molecule has 0 saturated carbocycles. The predicted molar refractivity (Wildman–Crippen MR) is 46.6 cm³/mol. The molecular formula is C9H17NO2. The van der Waals surface area contributed by atoms with E-state index in [-0.39, 0.29) is 18.4 Å². The summed E-state index contributed by atoms with van der Waals surface area (Å²) < 4.78 is 0. The number of carbonyl (C=O) groups excluding carboxylic acids is 1. The molecule has 2 atom stereocenters. The Labute approximate surface area is 73.2 Å². The lowest BCUT2D eigenvalue weighted by atomic mass is 9.94. The van der Waals surface area contributed by atoms with E-state index in [0.717, 1.165) is 6.42 Å². The summed E-state index contributed by atoms with van der Waals surface area (Å²) in [6.45, 7) is 4.24. The molecule has 0 bridgehead atoms. The molecule has 1 rings (SSSR count). The lowest BCUT2D eigenvalue weighted by Gasteiger charge is -2.27. The summed E-state index contributed by atoms with van der Waals surface area (Å²) in [6, 6.07) is 0.182. The van der Waals surface area contributed by atoms with Crippen LogP contribution in [0.2, 0.25) is 0 Å². The highest BCUT2D eigenvalue weighted by Crippen LogP contribution is 2.15. The van der Waals surface area contributed by atoms with Crippen LogP contribution in [0.15, 0.2) is 0 Å². The van der Waals surface area contributed by atoms with Crippen LogP contribution in [0.25, 0.3) is 0 Å². The zero-order chi connectivity index (χ0) is 9.14. The van der Waals surface area contributed by atoms with Gasteiger partial charge < -0.3 is 10.4 Å². The Kier molecular flexibility index (Phi) is 3.09. The van der Waals surface area contributed by atoms with Crippen molar-refractivity contribution in [1.29, 1.82) is 0 Å². The van der Waals surface area contributed by atoms with Crippen molar-refractivity contribution < 1.29 is 9.90 Å². The molecule has 1 fully saturated rings. The summed E-state index contributed by atoms with van der Waals surface area (Å²) in [6.07, 6.45) is 1.52. The first-order valence-corrected chi connectivity index (χ1v) is 4.55. The topological polar surface area (TPSA) is 49.3 Å². The quantitative estimate of drug-likeness (QED) is 0.641. The fourth-order valence-electron chi connectivity index (χ4n) is 1.70. The summed E-state index contributed by atoms with van der Waals surface area (Å²) in [5, 5.41) is 12.2. The standard InChI is InChI=1S/C9H17NO2/c1-6(2)3-7-4-8(11)5-9(12)10-7/h6-8,11H,3-5H2,1-2H3,(H,10,12)/t7-,8-/m0/s1. The van der Waals surface area contributed by atoms with E-state index in [2.05, 4.69) is 19.2 Å². The van der Waals surface area contributed by atoms with Gasteiger partial charge in [-0.05, 0) is 18.8 Å². The number of hydrogen-bond acceptors (Lipinski definition) is 2. The molecule has 1 amide bonds. The van der Waals surface area contributed by atoms with Crippen LogP contribution in [-0.4, -0.2) is 23.2 Å². The lowest BCUT2D eigenvalue weighted by molar-refractivity contribution is -0.126. The van der Waals surface area contributed by atoms with Crippen LogP contribution in [0, 0.1) is 5.92 Å². The van der Waals surface area contributed by atoms with Gasteiger partial charge in [-0.15, -0.1) is 0 Å². The molecular weight excluding hydrogens is 154 g/mol. The third kappa shape index (κ3) is 2.81. The number of nitrogens with one attached hydrogen (secondary N) is 1. The van der Waals surface area contributed by atoms with E-state index in [4.69, 9.17) is 0 Å². The van der Waals surface area contributed by atoms with Crippen LogP contribution in [0.4, 0.5) is 0 Å². The summed E-state index contributed by atoms with van der Waals surface area (Å²) in [4.78, 5) is 11.0. The molecule has 2 N–H and O–H groups in total. The van der Waals surface area contributed by atoms with E-state index in [0.29, 0.717) is 12.3 Å². The van der Waals surface area contributed by atoms with Crippen molar-refractivity contribution in [1.82, 2.24) is 5.32 Å². The highest BCUT2D eigenvalue weighted by atomic mass is 16.3. The normalized spacial score (nSPS) is 30.5. The maximum Gasteiger partial charge on any atom is 0.222 e. The van der Waals surface area contributed by atoms with Gasteiger partial charge in [-0.3, -0.25) is 4.79 Å². The van der Waals surface area contributed by atoms with Gasteiger partial charge in [0.25, 0.3) is 0 Å². The Morgan fingerprint density at radius 1 is 1.67 bits per heavy atom. The van der Waals surface area contributed by atoms with E-state index in [1.165, 1.54) is 0 Å². The Hall–Kier alpha value is -0.570. The molecule has 0 aromatic heterocycles. The second-order valence-electron chi connectivity index (χ2n) is 3.99. The second-order valence-corrected chi connectivity index (χ2v) is 3.99. The predicted octanol–water partition coefficient (Wildman–Crippen LogP) is 0.672. The number of piperidine rings is 1. The molecule has 1 saturated heterocycles. The van der Waals surface area contributed by atoms with E-state index >= 15 is 0 Å². The molecule has 1 heterocycles. The van der Waals surface area contributed by atoms with Gasteiger partial charge in [0.2, 0.25) is 5.91 Å². The Morgan fingerprint density at radius 3 is 2.83 bits per heavy atom. The van der Waals surface area contributed by atoms with Crippen LogP contribution in [0.1, 0.15) is 33.1 Å². The molecule has 0 spiro atoms. The number of hydrogen-bond donors (Lipinski definition) is 2. The van der Waals surface area contributed by atoms with Crippen molar-refractivity contribution in [3.63, 3.8) is 0 Å². The van der Waals surface area contributed by atoms with E-state index in [9.17, 15) is 9.90 Å². The van der Waals surface area contributed by atoms with Crippen LogP contribution >= 0.6 is 0 Å². The van der Waals surface area contributed by atoms with Gasteiger partial charge in [0, 0.05) is 6.04 Å². The number of carbonyl (C=O) groups is 1. The van der Waals surface area contributed by atoms with Crippen LogP contribution < -0.4 is 5.32 Å². The van der Waals surface area contributed by atoms with E-state index < -0.39 is 6.10 Å². The highest BCUT2D eigenvalue weighted by Gasteiger charge is 2.24. The summed E-state index contributed by atoms with van der Waals surface area (Å²) in [5.41, 5.74) is 0. The Morgan fingerprint density at radius 2 is 2.33 bits per heavy atom. The van der Waals surface area contributed by atoms with Crippen molar-refractivity contribution in [3.05, 3.63) is 0 Å². The third-order valence-corrected chi connectivity index (χ3v) is 2.10. The summed E-state index contributed by atoms with van der Waals surface area (Å²) in [5.74, 6) is 0.556. The number of amides is 1. The first kappa shape index (κ1) is 9.52. The minimum atomic E-state index is -0.428. The average Bonchev–Trinajstić information content (AvgIpc) is 1.81. The monoisotopic (exact) mass is 171 g/mol. The molecule has 3 heteroatoms. The Bertz CT molecular complexity index is 166. The molecule has 3 nitrogen and oxygen atoms in total. The molecule has 1 aliphatic heterocycles. The highest BCUT2D eigenvalue weighted by molar-refractivity contribution is 5.77. The van der Waals surface area contributed by atoms with Crippen molar-refractivity contribution >= 4 is 5.91 Å². The fourth-order valence-corrected chi connectivity index (χ4v) is 1.70. The number of aliphatic hydroxyl groups is 1. The average molecular weight is 171 g/mol. The zero-order valence-electron chi connectivity index (χ0n) is 7.71. The molecule has 70 valence electrons. The first-order valence-electron chi connectivity index (χ1n) is 4.55. The van der Waals surface area contributed by atoms with Gasteiger partial charge in [0.05, 0.1) is 12.5 Å². The number of aliphatic hydroxyl groups excluding tert-OH is 1. The maximum atomic E-state index is 11.0.